The number of fused-ring (bicyclic) bond motifs is 1. The first-order valence-corrected chi connectivity index (χ1v) is 9.77. The number of para-hydroxylation sites is 1. The zero-order valence-corrected chi connectivity index (χ0v) is 16.6. The smallest absolute Gasteiger partial charge is 0.313 e. The number of benzene rings is 2. The molecule has 0 spiro atoms. The van der Waals surface area contributed by atoms with Crippen LogP contribution in [0, 0.1) is 0 Å². The zero-order valence-electron chi connectivity index (χ0n) is 16.6. The highest BCUT2D eigenvalue weighted by molar-refractivity contribution is 6.39. The van der Waals surface area contributed by atoms with E-state index in [4.69, 9.17) is 9.15 Å². The van der Waals surface area contributed by atoms with E-state index in [1.54, 1.807) is 37.6 Å². The SMILES string of the molecule is COc1ccc(NC(=O)C(=O)NC[C@H](c2ccco2)N2CCc3ccccc32)cc1. The maximum atomic E-state index is 12.4. The monoisotopic (exact) mass is 405 g/mol. The van der Waals surface area contributed by atoms with Crippen LogP contribution < -0.4 is 20.3 Å². The molecule has 2 heterocycles. The number of hydrogen-bond acceptors (Lipinski definition) is 5. The summed E-state index contributed by atoms with van der Waals surface area (Å²) in [7, 11) is 1.56. The minimum Gasteiger partial charge on any atom is -0.497 e. The van der Waals surface area contributed by atoms with Crippen LogP contribution in [0.25, 0.3) is 0 Å². The first-order chi connectivity index (χ1) is 14.7. The van der Waals surface area contributed by atoms with Crippen molar-refractivity contribution in [3.8, 4) is 5.75 Å². The van der Waals surface area contributed by atoms with Crippen LogP contribution in [-0.4, -0.2) is 32.0 Å². The normalized spacial score (nSPS) is 13.4. The molecule has 2 N–H and O–H groups in total. The third-order valence-corrected chi connectivity index (χ3v) is 5.18. The summed E-state index contributed by atoms with van der Waals surface area (Å²) >= 11 is 0. The molecule has 30 heavy (non-hydrogen) atoms. The Morgan fingerprint density at radius 3 is 2.60 bits per heavy atom. The largest absolute Gasteiger partial charge is 0.497 e. The molecule has 2 aromatic carbocycles. The van der Waals surface area contributed by atoms with Crippen molar-refractivity contribution in [2.24, 2.45) is 0 Å². The fourth-order valence-electron chi connectivity index (χ4n) is 3.66. The second-order valence-corrected chi connectivity index (χ2v) is 7.00. The molecule has 0 saturated carbocycles. The van der Waals surface area contributed by atoms with Gasteiger partial charge in [-0.05, 0) is 54.4 Å². The van der Waals surface area contributed by atoms with Gasteiger partial charge in [-0.3, -0.25) is 9.59 Å². The summed E-state index contributed by atoms with van der Waals surface area (Å²) in [6, 6.07) is 18.5. The van der Waals surface area contributed by atoms with E-state index >= 15 is 0 Å². The number of carbonyl (C=O) groups is 2. The van der Waals surface area contributed by atoms with E-state index in [1.165, 1.54) is 5.56 Å². The molecule has 1 aliphatic heterocycles. The van der Waals surface area contributed by atoms with Gasteiger partial charge in [0.1, 0.15) is 17.6 Å². The quantitative estimate of drug-likeness (QED) is 0.616. The lowest BCUT2D eigenvalue weighted by Crippen LogP contribution is -2.41. The first kappa shape index (κ1) is 19.6. The molecule has 1 aromatic heterocycles. The van der Waals surface area contributed by atoms with Gasteiger partial charge in [0.2, 0.25) is 0 Å². The Hall–Kier alpha value is -3.74. The van der Waals surface area contributed by atoms with E-state index in [-0.39, 0.29) is 12.6 Å². The van der Waals surface area contributed by atoms with Crippen molar-refractivity contribution < 1.29 is 18.7 Å². The molecule has 3 aromatic rings. The molecule has 4 rings (SSSR count). The first-order valence-electron chi connectivity index (χ1n) is 9.77. The Balaban J connectivity index is 1.42. The van der Waals surface area contributed by atoms with E-state index < -0.39 is 11.8 Å². The fourth-order valence-corrected chi connectivity index (χ4v) is 3.66. The Labute approximate surface area is 174 Å². The number of hydrogen-bond donors (Lipinski definition) is 2. The van der Waals surface area contributed by atoms with Gasteiger partial charge < -0.3 is 24.7 Å². The predicted molar refractivity (Wildman–Crippen MR) is 114 cm³/mol. The van der Waals surface area contributed by atoms with Crippen molar-refractivity contribution in [2.45, 2.75) is 12.5 Å². The molecule has 1 atom stereocenters. The molecule has 0 aliphatic carbocycles. The number of ether oxygens (including phenoxy) is 1. The van der Waals surface area contributed by atoms with Crippen LogP contribution in [0.2, 0.25) is 0 Å². The summed E-state index contributed by atoms with van der Waals surface area (Å²) in [5, 5.41) is 5.34. The lowest BCUT2D eigenvalue weighted by atomic mass is 10.1. The molecule has 154 valence electrons. The summed E-state index contributed by atoms with van der Waals surface area (Å²) in [6.07, 6.45) is 2.54. The van der Waals surface area contributed by atoms with Crippen molar-refractivity contribution in [1.29, 1.82) is 0 Å². The number of rotatable bonds is 6. The van der Waals surface area contributed by atoms with Crippen molar-refractivity contribution in [3.63, 3.8) is 0 Å². The average molecular weight is 405 g/mol. The highest BCUT2D eigenvalue weighted by Gasteiger charge is 2.29. The van der Waals surface area contributed by atoms with E-state index in [1.807, 2.05) is 24.3 Å². The lowest BCUT2D eigenvalue weighted by Gasteiger charge is -2.29. The molecule has 7 nitrogen and oxygen atoms in total. The number of carbonyl (C=O) groups excluding carboxylic acids is 2. The Morgan fingerprint density at radius 2 is 1.87 bits per heavy atom. The van der Waals surface area contributed by atoms with Gasteiger partial charge in [-0.25, -0.2) is 0 Å². The van der Waals surface area contributed by atoms with Crippen LogP contribution in [-0.2, 0) is 16.0 Å². The van der Waals surface area contributed by atoms with Crippen LogP contribution in [0.4, 0.5) is 11.4 Å². The summed E-state index contributed by atoms with van der Waals surface area (Å²) in [5.74, 6) is -0.0118. The average Bonchev–Trinajstić information content (AvgIpc) is 3.45. The molecule has 0 unspecified atom stereocenters. The summed E-state index contributed by atoms with van der Waals surface area (Å²) in [6.45, 7) is 1.06. The third-order valence-electron chi connectivity index (χ3n) is 5.18. The lowest BCUT2D eigenvalue weighted by molar-refractivity contribution is -0.136. The second-order valence-electron chi connectivity index (χ2n) is 7.00. The van der Waals surface area contributed by atoms with Gasteiger partial charge in [0.05, 0.1) is 13.4 Å². The van der Waals surface area contributed by atoms with Crippen LogP contribution in [0.3, 0.4) is 0 Å². The predicted octanol–water partition coefficient (Wildman–Crippen LogP) is 3.15. The van der Waals surface area contributed by atoms with Crippen molar-refractivity contribution >= 4 is 23.2 Å². The van der Waals surface area contributed by atoms with Crippen LogP contribution in [0.1, 0.15) is 17.4 Å². The maximum absolute atomic E-state index is 12.4. The van der Waals surface area contributed by atoms with Crippen LogP contribution >= 0.6 is 0 Å². The van der Waals surface area contributed by atoms with Crippen molar-refractivity contribution in [2.75, 3.05) is 30.4 Å². The molecule has 0 saturated heterocycles. The number of nitrogens with one attached hydrogen (secondary N) is 2. The second kappa shape index (κ2) is 8.73. The van der Waals surface area contributed by atoms with Gasteiger partial charge in [0.25, 0.3) is 0 Å². The van der Waals surface area contributed by atoms with Gasteiger partial charge in [-0.1, -0.05) is 18.2 Å². The highest BCUT2D eigenvalue weighted by Crippen LogP contribution is 2.34. The minimum absolute atomic E-state index is 0.207. The van der Waals surface area contributed by atoms with Gasteiger partial charge in [-0.15, -0.1) is 0 Å². The van der Waals surface area contributed by atoms with E-state index in [2.05, 4.69) is 27.7 Å². The van der Waals surface area contributed by atoms with Crippen molar-refractivity contribution in [1.82, 2.24) is 5.32 Å². The summed E-state index contributed by atoms with van der Waals surface area (Å²) in [5.41, 5.74) is 2.90. The van der Waals surface area contributed by atoms with Crippen LogP contribution in [0.5, 0.6) is 5.75 Å². The van der Waals surface area contributed by atoms with Crippen molar-refractivity contribution in [3.05, 3.63) is 78.3 Å². The third kappa shape index (κ3) is 4.15. The Morgan fingerprint density at radius 1 is 1.07 bits per heavy atom. The standard InChI is InChI=1S/C23H23N3O4/c1-29-18-10-8-17(9-11-18)25-23(28)22(27)24-15-20(21-7-4-14-30-21)26-13-12-16-5-2-3-6-19(16)26/h2-11,14,20H,12-13,15H2,1H3,(H,24,27)(H,25,28)/t20-/m1/s1. The zero-order chi connectivity index (χ0) is 20.9. The number of methoxy groups -OCH3 is 1. The summed E-state index contributed by atoms with van der Waals surface area (Å²) < 4.78 is 10.7. The number of furan rings is 1. The van der Waals surface area contributed by atoms with Gasteiger partial charge in [0.15, 0.2) is 0 Å². The Kier molecular flexibility index (Phi) is 5.70. The van der Waals surface area contributed by atoms with Gasteiger partial charge >= 0.3 is 11.8 Å². The number of nitrogens with zero attached hydrogens (tertiary/aromatic N) is 1. The topological polar surface area (TPSA) is 83.8 Å². The highest BCUT2D eigenvalue weighted by atomic mass is 16.5. The molecule has 1 aliphatic rings. The molecule has 0 radical (unpaired) electrons. The summed E-state index contributed by atoms with van der Waals surface area (Å²) in [4.78, 5) is 26.9. The molecule has 7 heteroatoms. The molecular formula is C23H23N3O4. The van der Waals surface area contributed by atoms with E-state index in [9.17, 15) is 9.59 Å². The fraction of sp³-hybridized carbons (Fsp3) is 0.217. The van der Waals surface area contributed by atoms with Gasteiger partial charge in [-0.2, -0.15) is 0 Å². The van der Waals surface area contributed by atoms with E-state index in [0.717, 1.165) is 24.4 Å². The van der Waals surface area contributed by atoms with Crippen LogP contribution in [0.15, 0.2) is 71.3 Å². The molecule has 0 bridgehead atoms. The molecule has 0 fully saturated rings. The number of anilines is 2. The van der Waals surface area contributed by atoms with E-state index in [0.29, 0.717) is 11.4 Å². The maximum Gasteiger partial charge on any atom is 0.313 e. The molecule has 2 amide bonds. The number of amides is 2. The van der Waals surface area contributed by atoms with Gasteiger partial charge in [0, 0.05) is 24.5 Å². The Bertz CT molecular complexity index is 1020. The minimum atomic E-state index is -0.722. The molecular weight excluding hydrogens is 382 g/mol.